The van der Waals surface area contributed by atoms with Gasteiger partial charge in [0.15, 0.2) is 0 Å². The number of hydrogen-bond acceptors (Lipinski definition) is 1. The summed E-state index contributed by atoms with van der Waals surface area (Å²) in [4.78, 5) is 0. The summed E-state index contributed by atoms with van der Waals surface area (Å²) < 4.78 is 0. The average Bonchev–Trinajstić information content (AvgIpc) is 2.33. The van der Waals surface area contributed by atoms with E-state index in [1.807, 2.05) is 11.8 Å². The maximum absolute atomic E-state index is 3.28. The van der Waals surface area contributed by atoms with E-state index in [2.05, 4.69) is 30.1 Å². The first-order valence-corrected chi connectivity index (χ1v) is 4.08. The van der Waals surface area contributed by atoms with Gasteiger partial charge in [0.2, 0.25) is 0 Å². The molecule has 1 heteroatoms. The Morgan fingerprint density at radius 2 is 2.22 bits per heavy atom. The minimum atomic E-state index is 0.704. The molecule has 2 rings (SSSR count). The lowest BCUT2D eigenvalue weighted by molar-refractivity contribution is 0.701. The van der Waals surface area contributed by atoms with Gasteiger partial charge < -0.3 is 0 Å². The summed E-state index contributed by atoms with van der Waals surface area (Å²) in [6, 6.07) is 0. The number of fused-ring (bicyclic) bond motifs is 1. The molecule has 0 amide bonds. The van der Waals surface area contributed by atoms with Crippen molar-refractivity contribution >= 4 is 11.8 Å². The highest BCUT2D eigenvalue weighted by Gasteiger charge is 2.24. The van der Waals surface area contributed by atoms with E-state index >= 15 is 0 Å². The number of hydrogen-bond donors (Lipinski definition) is 0. The van der Waals surface area contributed by atoms with E-state index < -0.39 is 0 Å². The van der Waals surface area contributed by atoms with Gasteiger partial charge in [-0.25, -0.2) is 0 Å². The molecule has 0 saturated carbocycles. The Hall–Kier alpha value is -0.170. The molecule has 2 radical (unpaired) electrons. The maximum atomic E-state index is 3.28. The van der Waals surface area contributed by atoms with Crippen molar-refractivity contribution in [3.8, 4) is 0 Å². The summed E-state index contributed by atoms with van der Waals surface area (Å²) in [6.45, 7) is 0. The zero-order valence-electron chi connectivity index (χ0n) is 5.08. The largest absolute Gasteiger partial charge is 0.144 e. The lowest BCUT2D eigenvalue weighted by Crippen LogP contribution is -2.07. The van der Waals surface area contributed by atoms with Crippen LogP contribution < -0.4 is 0 Å². The van der Waals surface area contributed by atoms with Crippen LogP contribution in [0.2, 0.25) is 0 Å². The fourth-order valence-electron chi connectivity index (χ4n) is 1.18. The summed E-state index contributed by atoms with van der Waals surface area (Å²) >= 11 is 1.84. The molecule has 0 nitrogen and oxygen atoms in total. The van der Waals surface area contributed by atoms with Crippen LogP contribution >= 0.6 is 11.8 Å². The Morgan fingerprint density at radius 3 is 3.11 bits per heavy atom. The quantitative estimate of drug-likeness (QED) is 0.492. The van der Waals surface area contributed by atoms with E-state index in [0.717, 1.165) is 12.3 Å². The van der Waals surface area contributed by atoms with E-state index in [1.54, 1.807) is 0 Å². The smallest absolute Gasteiger partial charge is 0.0494 e. The second-order valence-corrected chi connectivity index (χ2v) is 3.43. The van der Waals surface area contributed by atoms with Crippen LogP contribution in [0.25, 0.3) is 0 Å². The SMILES string of the molecule is [C]1CC2C=CC=CC2S1. The highest BCUT2D eigenvalue weighted by Crippen LogP contribution is 2.38. The molecule has 1 aliphatic carbocycles. The molecule has 0 bridgehead atoms. The highest BCUT2D eigenvalue weighted by molar-refractivity contribution is 8.02. The van der Waals surface area contributed by atoms with Crippen LogP contribution in [0.5, 0.6) is 0 Å². The van der Waals surface area contributed by atoms with Crippen LogP contribution in [0.4, 0.5) is 0 Å². The third-order valence-electron chi connectivity index (χ3n) is 1.73. The standard InChI is InChI=1S/C8H8S/c1-2-4-8-7(3-1)5-6-9-8/h1-4,7-8H,5H2. The predicted molar refractivity (Wildman–Crippen MR) is 41.0 cm³/mol. The summed E-state index contributed by atoms with van der Waals surface area (Å²) in [6.07, 6.45) is 9.93. The van der Waals surface area contributed by atoms with Gasteiger partial charge in [-0.1, -0.05) is 24.3 Å². The van der Waals surface area contributed by atoms with Crippen molar-refractivity contribution in [1.29, 1.82) is 0 Å². The summed E-state index contributed by atoms with van der Waals surface area (Å²) in [5.74, 6) is 4.03. The number of thioether (sulfide) groups is 1. The van der Waals surface area contributed by atoms with E-state index in [1.165, 1.54) is 0 Å². The van der Waals surface area contributed by atoms with Crippen LogP contribution in [0.1, 0.15) is 6.42 Å². The molecule has 1 aliphatic heterocycles. The molecule has 0 spiro atoms. The Labute approximate surface area is 60.0 Å². The van der Waals surface area contributed by atoms with Crippen molar-refractivity contribution in [3.63, 3.8) is 0 Å². The molecule has 0 aromatic heterocycles. The Balaban J connectivity index is 2.18. The van der Waals surface area contributed by atoms with Gasteiger partial charge in [0.25, 0.3) is 0 Å². The second kappa shape index (κ2) is 2.22. The van der Waals surface area contributed by atoms with Gasteiger partial charge in [-0.3, -0.25) is 0 Å². The van der Waals surface area contributed by atoms with Gasteiger partial charge in [0, 0.05) is 11.0 Å². The summed E-state index contributed by atoms with van der Waals surface area (Å²) in [7, 11) is 0. The molecule has 2 aliphatic rings. The monoisotopic (exact) mass is 136 g/mol. The van der Waals surface area contributed by atoms with Crippen molar-refractivity contribution in [2.24, 2.45) is 5.92 Å². The zero-order chi connectivity index (χ0) is 6.10. The Morgan fingerprint density at radius 1 is 1.33 bits per heavy atom. The molecular weight excluding hydrogens is 128 g/mol. The number of allylic oxidation sites excluding steroid dienone is 3. The number of rotatable bonds is 0. The zero-order valence-corrected chi connectivity index (χ0v) is 5.90. The van der Waals surface area contributed by atoms with Crippen molar-refractivity contribution in [3.05, 3.63) is 30.1 Å². The molecule has 0 N–H and O–H groups in total. The fraction of sp³-hybridized carbons (Fsp3) is 0.375. The first-order chi connectivity index (χ1) is 4.47. The minimum Gasteiger partial charge on any atom is -0.144 e. The van der Waals surface area contributed by atoms with Gasteiger partial charge >= 0.3 is 0 Å². The molecule has 0 aromatic carbocycles. The fourth-order valence-corrected chi connectivity index (χ4v) is 2.20. The van der Waals surface area contributed by atoms with E-state index in [9.17, 15) is 0 Å². The van der Waals surface area contributed by atoms with Crippen LogP contribution in [-0.4, -0.2) is 5.25 Å². The van der Waals surface area contributed by atoms with Crippen molar-refractivity contribution in [1.82, 2.24) is 0 Å². The topological polar surface area (TPSA) is 0 Å². The Kier molecular flexibility index (Phi) is 1.38. The van der Waals surface area contributed by atoms with Crippen LogP contribution in [0, 0.1) is 11.7 Å². The van der Waals surface area contributed by atoms with Gasteiger partial charge in [-0.15, -0.1) is 11.8 Å². The molecule has 2 atom stereocenters. The molecule has 46 valence electrons. The van der Waals surface area contributed by atoms with Crippen LogP contribution in [-0.2, 0) is 0 Å². The first-order valence-electron chi connectivity index (χ1n) is 3.20. The highest BCUT2D eigenvalue weighted by atomic mass is 32.2. The third kappa shape index (κ3) is 0.940. The third-order valence-corrected chi connectivity index (χ3v) is 2.84. The molecule has 0 aromatic rings. The van der Waals surface area contributed by atoms with E-state index in [-0.39, 0.29) is 0 Å². The lowest BCUT2D eigenvalue weighted by Gasteiger charge is -2.12. The van der Waals surface area contributed by atoms with Gasteiger partial charge in [0.05, 0.1) is 0 Å². The minimum absolute atomic E-state index is 0.704. The molecule has 2 unspecified atom stereocenters. The summed E-state index contributed by atoms with van der Waals surface area (Å²) in [5.41, 5.74) is 0. The second-order valence-electron chi connectivity index (χ2n) is 2.36. The summed E-state index contributed by atoms with van der Waals surface area (Å²) in [5, 5.41) is 0.704. The molecule has 1 saturated heterocycles. The van der Waals surface area contributed by atoms with Gasteiger partial charge in [0.1, 0.15) is 0 Å². The predicted octanol–water partition coefficient (Wildman–Crippen LogP) is 2.27. The van der Waals surface area contributed by atoms with Crippen molar-refractivity contribution < 1.29 is 0 Å². The van der Waals surface area contributed by atoms with E-state index in [4.69, 9.17) is 0 Å². The van der Waals surface area contributed by atoms with E-state index in [0.29, 0.717) is 5.25 Å². The van der Waals surface area contributed by atoms with Gasteiger partial charge in [-0.2, -0.15) is 0 Å². The maximum Gasteiger partial charge on any atom is 0.0494 e. The lowest BCUT2D eigenvalue weighted by atomic mass is 9.98. The van der Waals surface area contributed by atoms with Crippen molar-refractivity contribution in [2.75, 3.05) is 0 Å². The van der Waals surface area contributed by atoms with Crippen LogP contribution in [0.3, 0.4) is 0 Å². The van der Waals surface area contributed by atoms with Gasteiger partial charge in [-0.05, 0) is 12.3 Å². The average molecular weight is 136 g/mol. The molecule has 1 fully saturated rings. The van der Waals surface area contributed by atoms with Crippen LogP contribution in [0.15, 0.2) is 24.3 Å². The molecule has 1 heterocycles. The van der Waals surface area contributed by atoms with Crippen molar-refractivity contribution in [2.45, 2.75) is 11.7 Å². The first kappa shape index (κ1) is 5.60. The Bertz CT molecular complexity index is 140. The normalized spacial score (nSPS) is 39.1. The molecular formula is C8H8S. The molecule has 9 heavy (non-hydrogen) atoms.